The maximum Gasteiger partial charge on any atom is 0.272 e. The zero-order valence-electron chi connectivity index (χ0n) is 9.89. The van der Waals surface area contributed by atoms with Crippen LogP contribution in [0.5, 0.6) is 0 Å². The van der Waals surface area contributed by atoms with Crippen LogP contribution >= 0.6 is 0 Å². The number of nitrogens with two attached hydrogens (primary N) is 1. The molecule has 1 aliphatic heterocycles. The summed E-state index contributed by atoms with van der Waals surface area (Å²) in [5.74, 6) is -0.0265. The van der Waals surface area contributed by atoms with Crippen molar-refractivity contribution in [3.63, 3.8) is 0 Å². The standard InChI is InChI=1S/C13H14N4O/c14-11-3-1-2-9-5-7-17(8-10(9)11)13(18)12-4-6-15-16-12/h1-4,6H,5,7-8,14H2,(H,15,16). The van der Waals surface area contributed by atoms with Gasteiger partial charge < -0.3 is 10.6 Å². The summed E-state index contributed by atoms with van der Waals surface area (Å²) in [4.78, 5) is 14.0. The topological polar surface area (TPSA) is 75.0 Å². The smallest absolute Gasteiger partial charge is 0.272 e. The van der Waals surface area contributed by atoms with Crippen molar-refractivity contribution >= 4 is 11.6 Å². The molecule has 3 N–H and O–H groups in total. The second-order valence-electron chi connectivity index (χ2n) is 4.43. The van der Waals surface area contributed by atoms with Gasteiger partial charge in [-0.3, -0.25) is 9.89 Å². The molecule has 92 valence electrons. The lowest BCUT2D eigenvalue weighted by molar-refractivity contribution is 0.0729. The van der Waals surface area contributed by atoms with E-state index in [1.54, 1.807) is 17.2 Å². The van der Waals surface area contributed by atoms with Crippen molar-refractivity contribution < 1.29 is 4.79 Å². The monoisotopic (exact) mass is 242 g/mol. The Morgan fingerprint density at radius 3 is 3.06 bits per heavy atom. The van der Waals surface area contributed by atoms with Crippen LogP contribution in [0, 0.1) is 0 Å². The fraction of sp³-hybridized carbons (Fsp3) is 0.231. The number of carbonyl (C=O) groups is 1. The van der Waals surface area contributed by atoms with E-state index in [9.17, 15) is 4.79 Å². The molecule has 0 saturated carbocycles. The third kappa shape index (κ3) is 1.73. The van der Waals surface area contributed by atoms with Crippen molar-refractivity contribution in [3.8, 4) is 0 Å². The van der Waals surface area contributed by atoms with Crippen molar-refractivity contribution in [2.24, 2.45) is 0 Å². The predicted molar refractivity (Wildman–Crippen MR) is 67.9 cm³/mol. The first-order valence-corrected chi connectivity index (χ1v) is 5.90. The van der Waals surface area contributed by atoms with E-state index >= 15 is 0 Å². The summed E-state index contributed by atoms with van der Waals surface area (Å²) in [7, 11) is 0. The normalized spacial score (nSPS) is 14.3. The largest absolute Gasteiger partial charge is 0.398 e. The summed E-state index contributed by atoms with van der Waals surface area (Å²) in [5, 5.41) is 6.50. The molecule has 18 heavy (non-hydrogen) atoms. The van der Waals surface area contributed by atoms with Crippen LogP contribution in [0.25, 0.3) is 0 Å². The second kappa shape index (κ2) is 4.18. The fourth-order valence-electron chi connectivity index (χ4n) is 2.33. The molecule has 0 spiro atoms. The molecule has 3 rings (SSSR count). The van der Waals surface area contributed by atoms with E-state index in [1.165, 1.54) is 5.56 Å². The Labute approximate surface area is 105 Å². The van der Waals surface area contributed by atoms with Gasteiger partial charge in [0.25, 0.3) is 5.91 Å². The Morgan fingerprint density at radius 2 is 2.28 bits per heavy atom. The minimum absolute atomic E-state index is 0.0265. The molecule has 1 aromatic carbocycles. The molecule has 1 amide bonds. The summed E-state index contributed by atoms with van der Waals surface area (Å²) in [6.45, 7) is 1.29. The SMILES string of the molecule is Nc1cccc2c1CN(C(=O)c1ccn[nH]1)CC2. The Morgan fingerprint density at radius 1 is 1.39 bits per heavy atom. The number of hydrogen-bond donors (Lipinski definition) is 2. The van der Waals surface area contributed by atoms with E-state index in [-0.39, 0.29) is 5.91 Å². The average Bonchev–Trinajstić information content (AvgIpc) is 2.92. The highest BCUT2D eigenvalue weighted by molar-refractivity contribution is 5.92. The molecule has 0 radical (unpaired) electrons. The summed E-state index contributed by atoms with van der Waals surface area (Å²) < 4.78 is 0. The molecule has 2 heterocycles. The number of nitrogens with one attached hydrogen (secondary N) is 1. The van der Waals surface area contributed by atoms with E-state index in [2.05, 4.69) is 16.3 Å². The lowest BCUT2D eigenvalue weighted by Crippen LogP contribution is -2.36. The van der Waals surface area contributed by atoms with Gasteiger partial charge in [-0.1, -0.05) is 12.1 Å². The number of amides is 1. The van der Waals surface area contributed by atoms with Crippen LogP contribution < -0.4 is 5.73 Å². The first-order valence-electron chi connectivity index (χ1n) is 5.90. The van der Waals surface area contributed by atoms with Gasteiger partial charge in [-0.15, -0.1) is 0 Å². The van der Waals surface area contributed by atoms with Crippen LogP contribution in [-0.4, -0.2) is 27.5 Å². The van der Waals surface area contributed by atoms with Crippen LogP contribution in [-0.2, 0) is 13.0 Å². The predicted octanol–water partition coefficient (Wildman–Crippen LogP) is 1.19. The summed E-state index contributed by atoms with van der Waals surface area (Å²) in [6, 6.07) is 7.60. The Hall–Kier alpha value is -2.30. The van der Waals surface area contributed by atoms with Gasteiger partial charge in [0.15, 0.2) is 0 Å². The summed E-state index contributed by atoms with van der Waals surface area (Å²) in [5.41, 5.74) is 9.55. The van der Waals surface area contributed by atoms with E-state index in [4.69, 9.17) is 5.73 Å². The fourth-order valence-corrected chi connectivity index (χ4v) is 2.33. The van der Waals surface area contributed by atoms with Crippen molar-refractivity contribution in [3.05, 3.63) is 47.3 Å². The van der Waals surface area contributed by atoms with Crippen molar-refractivity contribution in [2.45, 2.75) is 13.0 Å². The first kappa shape index (κ1) is 10.8. The number of fused-ring (bicyclic) bond motifs is 1. The second-order valence-corrected chi connectivity index (χ2v) is 4.43. The molecule has 0 bridgehead atoms. The molecule has 1 aromatic heterocycles. The number of hydrogen-bond acceptors (Lipinski definition) is 3. The Balaban J connectivity index is 1.87. The molecule has 1 aliphatic rings. The number of H-pyrrole nitrogens is 1. The van der Waals surface area contributed by atoms with E-state index in [0.717, 1.165) is 17.7 Å². The van der Waals surface area contributed by atoms with Crippen molar-refractivity contribution in [1.82, 2.24) is 15.1 Å². The van der Waals surface area contributed by atoms with Crippen LogP contribution in [0.15, 0.2) is 30.5 Å². The highest BCUT2D eigenvalue weighted by Gasteiger charge is 2.23. The number of rotatable bonds is 1. The number of benzene rings is 1. The van der Waals surface area contributed by atoms with Crippen molar-refractivity contribution in [2.75, 3.05) is 12.3 Å². The van der Waals surface area contributed by atoms with Gasteiger partial charge in [0.1, 0.15) is 5.69 Å². The van der Waals surface area contributed by atoms with Gasteiger partial charge in [-0.2, -0.15) is 5.10 Å². The van der Waals surface area contributed by atoms with Crippen LogP contribution in [0.3, 0.4) is 0 Å². The molecule has 0 fully saturated rings. The van der Waals surface area contributed by atoms with Crippen molar-refractivity contribution in [1.29, 1.82) is 0 Å². The number of anilines is 1. The van der Waals surface area contributed by atoms with E-state index in [0.29, 0.717) is 18.8 Å². The molecule has 0 unspecified atom stereocenters. The molecule has 0 aliphatic carbocycles. The minimum atomic E-state index is -0.0265. The van der Waals surface area contributed by atoms with Gasteiger partial charge in [0, 0.05) is 25.0 Å². The molecule has 2 aromatic rings. The summed E-state index contributed by atoms with van der Waals surface area (Å²) >= 11 is 0. The Bertz CT molecular complexity index is 577. The molecule has 0 saturated heterocycles. The number of aromatic nitrogens is 2. The molecular formula is C13H14N4O. The first-order chi connectivity index (χ1) is 8.75. The van der Waals surface area contributed by atoms with Gasteiger partial charge in [0.05, 0.1) is 0 Å². The van der Waals surface area contributed by atoms with E-state index in [1.807, 2.05) is 12.1 Å². The molecule has 5 heteroatoms. The van der Waals surface area contributed by atoms with Crippen LogP contribution in [0.1, 0.15) is 21.6 Å². The number of nitrogen functional groups attached to an aromatic ring is 1. The number of aromatic amines is 1. The van der Waals surface area contributed by atoms with E-state index < -0.39 is 0 Å². The number of nitrogens with zero attached hydrogens (tertiary/aromatic N) is 2. The zero-order chi connectivity index (χ0) is 12.5. The summed E-state index contributed by atoms with van der Waals surface area (Å²) in [6.07, 6.45) is 2.43. The minimum Gasteiger partial charge on any atom is -0.398 e. The van der Waals surface area contributed by atoms with Gasteiger partial charge in [-0.05, 0) is 29.7 Å². The van der Waals surface area contributed by atoms with Gasteiger partial charge in [-0.25, -0.2) is 0 Å². The maximum absolute atomic E-state index is 12.2. The lowest BCUT2D eigenvalue weighted by Gasteiger charge is -2.29. The van der Waals surface area contributed by atoms with Crippen LogP contribution in [0.2, 0.25) is 0 Å². The zero-order valence-corrected chi connectivity index (χ0v) is 9.89. The quantitative estimate of drug-likeness (QED) is 0.737. The molecule has 5 nitrogen and oxygen atoms in total. The van der Waals surface area contributed by atoms with Gasteiger partial charge in [0.2, 0.25) is 0 Å². The van der Waals surface area contributed by atoms with Gasteiger partial charge >= 0.3 is 0 Å². The number of carbonyl (C=O) groups excluding carboxylic acids is 1. The third-order valence-corrected chi connectivity index (χ3v) is 3.33. The Kier molecular flexibility index (Phi) is 2.51. The van der Waals surface area contributed by atoms with Crippen LogP contribution in [0.4, 0.5) is 5.69 Å². The highest BCUT2D eigenvalue weighted by atomic mass is 16.2. The maximum atomic E-state index is 12.2. The molecule has 0 atom stereocenters. The average molecular weight is 242 g/mol. The molecular weight excluding hydrogens is 228 g/mol. The lowest BCUT2D eigenvalue weighted by atomic mass is 9.98. The highest BCUT2D eigenvalue weighted by Crippen LogP contribution is 2.24. The third-order valence-electron chi connectivity index (χ3n) is 3.33.